The maximum absolute atomic E-state index is 6.00. The third-order valence-corrected chi connectivity index (χ3v) is 4.61. The van der Waals surface area contributed by atoms with Gasteiger partial charge in [0.25, 0.3) is 0 Å². The second kappa shape index (κ2) is 6.07. The number of nitrogens with one attached hydrogen (secondary N) is 1. The highest BCUT2D eigenvalue weighted by atomic mass is 32.1. The number of benzene rings is 1. The van der Waals surface area contributed by atoms with Gasteiger partial charge in [-0.3, -0.25) is 0 Å². The van der Waals surface area contributed by atoms with Crippen LogP contribution in [0.3, 0.4) is 0 Å². The summed E-state index contributed by atoms with van der Waals surface area (Å²) >= 11 is 3.16. The van der Waals surface area contributed by atoms with Crippen LogP contribution in [0.15, 0.2) is 47.2 Å². The summed E-state index contributed by atoms with van der Waals surface area (Å²) < 4.78 is 4.27. The molecule has 0 bridgehead atoms. The number of thiophene rings is 1. The van der Waals surface area contributed by atoms with Crippen LogP contribution in [-0.4, -0.2) is 10.9 Å². The quantitative estimate of drug-likeness (QED) is 0.745. The molecule has 2 aromatic heterocycles. The van der Waals surface area contributed by atoms with E-state index >= 15 is 0 Å². The fourth-order valence-electron chi connectivity index (χ4n) is 2.06. The Morgan fingerprint density at radius 1 is 1.15 bits per heavy atom. The highest BCUT2D eigenvalue weighted by Gasteiger charge is 2.12. The molecule has 0 saturated carbocycles. The summed E-state index contributed by atoms with van der Waals surface area (Å²) in [6, 6.07) is 12.3. The first kappa shape index (κ1) is 13.1. The molecule has 1 aromatic carbocycles. The van der Waals surface area contributed by atoms with Gasteiger partial charge in [-0.25, -0.2) is 0 Å². The van der Waals surface area contributed by atoms with Gasteiger partial charge in [0.1, 0.15) is 10.8 Å². The van der Waals surface area contributed by atoms with Gasteiger partial charge in [-0.05, 0) is 45.9 Å². The highest BCUT2D eigenvalue weighted by Crippen LogP contribution is 2.36. The molecule has 3 N–H and O–H groups in total. The second-order valence-corrected chi connectivity index (χ2v) is 6.00. The van der Waals surface area contributed by atoms with Crippen molar-refractivity contribution in [3.05, 3.63) is 52.7 Å². The summed E-state index contributed by atoms with van der Waals surface area (Å²) in [7, 11) is 0. The van der Waals surface area contributed by atoms with Crippen molar-refractivity contribution in [2.45, 2.75) is 6.42 Å². The lowest BCUT2D eigenvalue weighted by molar-refractivity contribution is 1.03. The lowest BCUT2D eigenvalue weighted by atomic mass is 10.1. The van der Waals surface area contributed by atoms with Crippen molar-refractivity contribution < 1.29 is 0 Å². The van der Waals surface area contributed by atoms with Crippen LogP contribution in [0.4, 0.5) is 10.8 Å². The van der Waals surface area contributed by atoms with Gasteiger partial charge in [0.05, 0.1) is 5.56 Å². The molecule has 3 nitrogen and oxygen atoms in total. The predicted octanol–water partition coefficient (Wildman–Crippen LogP) is 4.11. The average Bonchev–Trinajstić information content (AvgIpc) is 3.10. The van der Waals surface area contributed by atoms with Gasteiger partial charge in [-0.1, -0.05) is 30.3 Å². The topological polar surface area (TPSA) is 50.9 Å². The fraction of sp³-hybridized carbons (Fsp3) is 0.133. The van der Waals surface area contributed by atoms with Crippen molar-refractivity contribution in [3.63, 3.8) is 0 Å². The third-order valence-electron chi connectivity index (χ3n) is 3.06. The Balaban J connectivity index is 1.74. The maximum Gasteiger partial charge on any atom is 0.147 e. The summed E-state index contributed by atoms with van der Waals surface area (Å²) in [5.74, 6) is 0.597. The van der Waals surface area contributed by atoms with Gasteiger partial charge in [0.15, 0.2) is 0 Å². The average molecular weight is 301 g/mol. The van der Waals surface area contributed by atoms with Crippen LogP contribution in [0, 0.1) is 0 Å². The zero-order chi connectivity index (χ0) is 13.8. The first-order valence-electron chi connectivity index (χ1n) is 6.40. The second-order valence-electron chi connectivity index (χ2n) is 4.45. The van der Waals surface area contributed by atoms with Crippen LogP contribution in [0.5, 0.6) is 0 Å². The van der Waals surface area contributed by atoms with Crippen molar-refractivity contribution in [2.75, 3.05) is 17.6 Å². The number of nitrogen functional groups attached to an aromatic ring is 1. The monoisotopic (exact) mass is 301 g/mol. The molecular formula is C15H15N3S2. The van der Waals surface area contributed by atoms with E-state index in [1.807, 2.05) is 18.2 Å². The third kappa shape index (κ3) is 2.84. The normalized spacial score (nSPS) is 10.6. The Bertz CT molecular complexity index is 660. The molecule has 0 aliphatic heterocycles. The molecule has 0 fully saturated rings. The van der Waals surface area contributed by atoms with Crippen molar-refractivity contribution in [2.24, 2.45) is 0 Å². The zero-order valence-corrected chi connectivity index (χ0v) is 12.5. The smallest absolute Gasteiger partial charge is 0.147 e. The molecule has 0 aliphatic carbocycles. The number of aromatic nitrogens is 1. The summed E-state index contributed by atoms with van der Waals surface area (Å²) in [5.41, 5.74) is 9.49. The van der Waals surface area contributed by atoms with Crippen molar-refractivity contribution >= 4 is 33.7 Å². The summed E-state index contributed by atoms with van der Waals surface area (Å²) in [5, 5.41) is 8.78. The van der Waals surface area contributed by atoms with Gasteiger partial charge >= 0.3 is 0 Å². The maximum atomic E-state index is 6.00. The fourth-order valence-corrected chi connectivity index (χ4v) is 3.53. The van der Waals surface area contributed by atoms with E-state index in [2.05, 4.69) is 38.6 Å². The largest absolute Gasteiger partial charge is 0.382 e. The lowest BCUT2D eigenvalue weighted by Crippen LogP contribution is -2.04. The molecule has 20 heavy (non-hydrogen) atoms. The van der Waals surface area contributed by atoms with Crippen LogP contribution in [0.25, 0.3) is 11.1 Å². The highest BCUT2D eigenvalue weighted by molar-refractivity contribution is 7.11. The van der Waals surface area contributed by atoms with Crippen LogP contribution in [-0.2, 0) is 6.42 Å². The predicted molar refractivity (Wildman–Crippen MR) is 88.5 cm³/mol. The summed E-state index contributed by atoms with van der Waals surface area (Å²) in [6.07, 6.45) is 1.01. The van der Waals surface area contributed by atoms with E-state index < -0.39 is 0 Å². The number of nitrogens with two attached hydrogens (primary N) is 1. The molecule has 3 aromatic rings. The summed E-state index contributed by atoms with van der Waals surface area (Å²) in [6.45, 7) is 0.887. The first-order valence-corrected chi connectivity index (χ1v) is 8.12. The van der Waals surface area contributed by atoms with E-state index in [1.54, 1.807) is 11.3 Å². The van der Waals surface area contributed by atoms with Crippen molar-refractivity contribution in [1.29, 1.82) is 0 Å². The van der Waals surface area contributed by atoms with Gasteiger partial charge in [0.2, 0.25) is 0 Å². The van der Waals surface area contributed by atoms with Gasteiger partial charge < -0.3 is 11.1 Å². The van der Waals surface area contributed by atoms with Crippen molar-refractivity contribution in [3.8, 4) is 11.1 Å². The lowest BCUT2D eigenvalue weighted by Gasteiger charge is -2.06. The molecule has 2 heterocycles. The van der Waals surface area contributed by atoms with Crippen LogP contribution < -0.4 is 11.1 Å². The Labute approximate surface area is 126 Å². The minimum Gasteiger partial charge on any atom is -0.382 e. The molecular weight excluding hydrogens is 286 g/mol. The van der Waals surface area contributed by atoms with E-state index in [0.29, 0.717) is 5.82 Å². The van der Waals surface area contributed by atoms with Crippen molar-refractivity contribution in [1.82, 2.24) is 4.37 Å². The van der Waals surface area contributed by atoms with Gasteiger partial charge in [-0.2, -0.15) is 15.7 Å². The molecule has 3 rings (SSSR count). The molecule has 0 amide bonds. The molecule has 0 saturated heterocycles. The Morgan fingerprint density at radius 2 is 2.00 bits per heavy atom. The molecule has 0 radical (unpaired) electrons. The Kier molecular flexibility index (Phi) is 3.99. The van der Waals surface area contributed by atoms with E-state index in [4.69, 9.17) is 5.73 Å². The zero-order valence-electron chi connectivity index (χ0n) is 10.9. The minimum absolute atomic E-state index is 0.597. The molecule has 0 unspecified atom stereocenters. The van der Waals surface area contributed by atoms with Crippen LogP contribution >= 0.6 is 22.9 Å². The number of nitrogens with zero attached hydrogens (tertiary/aromatic N) is 1. The van der Waals surface area contributed by atoms with E-state index in [-0.39, 0.29) is 0 Å². The Hall–Kier alpha value is -1.85. The SMILES string of the molecule is Nc1nsc(NCCc2ccsc2)c1-c1ccccc1. The van der Waals surface area contributed by atoms with Crippen LogP contribution in [0.2, 0.25) is 0 Å². The standard InChI is InChI=1S/C15H15N3S2/c16-14-13(12-4-2-1-3-5-12)15(20-18-14)17-8-6-11-7-9-19-10-11/h1-5,7,9-10,17H,6,8H2,(H2,16,18). The molecule has 0 atom stereocenters. The van der Waals surface area contributed by atoms with E-state index in [1.165, 1.54) is 17.1 Å². The molecule has 0 spiro atoms. The summed E-state index contributed by atoms with van der Waals surface area (Å²) in [4.78, 5) is 0. The minimum atomic E-state index is 0.597. The number of hydrogen-bond acceptors (Lipinski definition) is 5. The number of rotatable bonds is 5. The van der Waals surface area contributed by atoms with Gasteiger partial charge in [0, 0.05) is 6.54 Å². The van der Waals surface area contributed by atoms with Crippen LogP contribution in [0.1, 0.15) is 5.56 Å². The number of hydrogen-bond donors (Lipinski definition) is 2. The molecule has 102 valence electrons. The molecule has 5 heteroatoms. The number of anilines is 2. The van der Waals surface area contributed by atoms with E-state index in [0.717, 1.165) is 29.1 Å². The Morgan fingerprint density at radius 3 is 2.75 bits per heavy atom. The van der Waals surface area contributed by atoms with E-state index in [9.17, 15) is 0 Å². The first-order chi connectivity index (χ1) is 9.84. The molecule has 0 aliphatic rings. The van der Waals surface area contributed by atoms with Gasteiger partial charge in [-0.15, -0.1) is 0 Å².